The molecule has 2 aromatic heterocycles. The van der Waals surface area contributed by atoms with Gasteiger partial charge in [0.2, 0.25) is 0 Å². The Kier molecular flexibility index (Phi) is 11.5. The molecule has 0 radical (unpaired) electrons. The number of pyridine rings is 1. The molecule has 0 unspecified atom stereocenters. The summed E-state index contributed by atoms with van der Waals surface area (Å²) in [5.74, 6) is -2.70. The second kappa shape index (κ2) is 15.1. The first-order valence-electron chi connectivity index (χ1n) is 15.8. The first-order chi connectivity index (χ1) is 22.8. The molecule has 0 bridgehead atoms. The van der Waals surface area contributed by atoms with Gasteiger partial charge in [-0.25, -0.2) is 19.6 Å². The van der Waals surface area contributed by atoms with Crippen molar-refractivity contribution in [1.29, 1.82) is 0 Å². The van der Waals surface area contributed by atoms with E-state index in [4.69, 9.17) is 14.9 Å². The van der Waals surface area contributed by atoms with Gasteiger partial charge in [0.1, 0.15) is 10.3 Å². The number of halogens is 3. The third kappa shape index (κ3) is 9.88. The van der Waals surface area contributed by atoms with Crippen molar-refractivity contribution in [3.05, 3.63) is 57.7 Å². The largest absolute Gasteiger partial charge is 0.490 e. The Bertz CT molecular complexity index is 1700. The average Bonchev–Trinajstić information content (AvgIpc) is 3.43. The summed E-state index contributed by atoms with van der Waals surface area (Å²) in [7, 11) is 3.49. The van der Waals surface area contributed by atoms with E-state index < -0.39 is 24.3 Å². The lowest BCUT2D eigenvalue weighted by Gasteiger charge is -2.36. The van der Waals surface area contributed by atoms with Crippen molar-refractivity contribution in [2.24, 2.45) is 11.3 Å². The summed E-state index contributed by atoms with van der Waals surface area (Å²) in [6.45, 7) is 8.65. The van der Waals surface area contributed by atoms with Gasteiger partial charge in [-0.05, 0) is 73.4 Å². The number of carbonyl (C=O) groups excluding carboxylic acids is 2. The quantitative estimate of drug-likeness (QED) is 0.253. The van der Waals surface area contributed by atoms with Gasteiger partial charge in [-0.1, -0.05) is 44.2 Å². The maximum Gasteiger partial charge on any atom is 0.490 e. The minimum atomic E-state index is -5.08. The zero-order valence-electron chi connectivity index (χ0n) is 27.9. The van der Waals surface area contributed by atoms with Gasteiger partial charge in [0.25, 0.3) is 11.8 Å². The molecule has 3 amide bonds. The Morgan fingerprint density at radius 1 is 1.08 bits per heavy atom. The number of carboxylic acid groups (broad SMARTS) is 2. The molecule has 3 aromatic rings. The highest BCUT2D eigenvalue weighted by Gasteiger charge is 2.38. The van der Waals surface area contributed by atoms with Crippen LogP contribution < -0.4 is 10.6 Å². The van der Waals surface area contributed by atoms with E-state index in [9.17, 15) is 32.7 Å². The van der Waals surface area contributed by atoms with Gasteiger partial charge >= 0.3 is 18.2 Å². The second-order valence-corrected chi connectivity index (χ2v) is 14.6. The number of carbonyl (C=O) groups is 4. The Hall–Kier alpha value is -4.31. The molecule has 2 aliphatic rings. The lowest BCUT2D eigenvalue weighted by atomic mass is 9.71. The average molecular weight is 707 g/mol. The summed E-state index contributed by atoms with van der Waals surface area (Å²) in [4.78, 5) is 60.3. The summed E-state index contributed by atoms with van der Waals surface area (Å²) in [6, 6.07) is 8.82. The molecule has 4 N–H and O–H groups in total. The molecule has 49 heavy (non-hydrogen) atoms. The van der Waals surface area contributed by atoms with E-state index in [0.29, 0.717) is 22.9 Å². The number of nitrogens with zero attached hydrogens (tertiary/aromatic N) is 4. The van der Waals surface area contributed by atoms with Crippen LogP contribution in [0.4, 0.5) is 18.0 Å². The Labute approximate surface area is 285 Å². The van der Waals surface area contributed by atoms with E-state index in [1.165, 1.54) is 28.8 Å². The van der Waals surface area contributed by atoms with Crippen LogP contribution in [-0.4, -0.2) is 99.8 Å². The molecule has 1 aliphatic heterocycles. The van der Waals surface area contributed by atoms with Crippen LogP contribution in [0.25, 0.3) is 10.3 Å². The summed E-state index contributed by atoms with van der Waals surface area (Å²) >= 11 is 1.27. The normalized spacial score (nSPS) is 17.2. The topological polar surface area (TPSA) is 165 Å². The third-order valence-electron chi connectivity index (χ3n) is 8.75. The molecule has 0 saturated carbocycles. The molecular formula is C33H41F3N6O6S. The molecule has 3 heterocycles. The maximum absolute atomic E-state index is 13.5. The molecule has 0 spiro atoms. The van der Waals surface area contributed by atoms with Gasteiger partial charge in [-0.2, -0.15) is 13.2 Å². The fourth-order valence-corrected chi connectivity index (χ4v) is 6.61. The number of alkyl halides is 3. The minimum Gasteiger partial charge on any atom is -0.475 e. The van der Waals surface area contributed by atoms with E-state index in [0.717, 1.165) is 54.0 Å². The highest BCUT2D eigenvalue weighted by atomic mass is 32.1. The molecule has 12 nitrogen and oxygen atoms in total. The molecule has 2 atom stereocenters. The molecule has 5 rings (SSSR count). The number of amides is 3. The van der Waals surface area contributed by atoms with Gasteiger partial charge in [-0.15, -0.1) is 0 Å². The molecule has 1 fully saturated rings. The van der Waals surface area contributed by atoms with Gasteiger partial charge in [0.05, 0.1) is 12.1 Å². The zero-order chi connectivity index (χ0) is 36.3. The van der Waals surface area contributed by atoms with Gasteiger partial charge < -0.3 is 30.6 Å². The fraction of sp³-hybridized carbons (Fsp3) is 0.515. The number of hydrogen-bond donors (Lipinski definition) is 4. The van der Waals surface area contributed by atoms with Crippen molar-refractivity contribution in [1.82, 2.24) is 30.4 Å². The smallest absolute Gasteiger partial charge is 0.475 e. The Balaban J connectivity index is 0.000000698. The lowest BCUT2D eigenvalue weighted by molar-refractivity contribution is -0.192. The summed E-state index contributed by atoms with van der Waals surface area (Å²) in [6.07, 6.45) is -2.82. The fourth-order valence-electron chi connectivity index (χ4n) is 5.76. The van der Waals surface area contributed by atoms with E-state index in [2.05, 4.69) is 47.4 Å². The standard InChI is InChI=1S/C31H40N6O4S.C2HF3O2/c1-31(2,3)21-9-10-23-20(14-21)15-25-28(34-23)42-29(35-25)27(39)33-24(11-12-37(5)30(40)41)18-7-6-8-19(13-18)26(38)32-22-16-36(4)17-22;3-2(4,5)1(6)7/h6-8,13,15,21-22,24H,9-12,14,16-17H2,1-5H3,(H,32,38)(H,33,39)(H,40,41);(H,6,7)/t21-,24+;/m0./s1. The minimum absolute atomic E-state index is 0.114. The molecule has 266 valence electrons. The van der Waals surface area contributed by atoms with Gasteiger partial charge in [0, 0.05) is 37.9 Å². The number of hydrogen-bond acceptors (Lipinski definition) is 8. The van der Waals surface area contributed by atoms with Crippen LogP contribution in [0.3, 0.4) is 0 Å². The highest BCUT2D eigenvalue weighted by Crippen LogP contribution is 2.38. The number of likely N-dealkylation sites (tertiary alicyclic amines) is 1. The van der Waals surface area contributed by atoms with Gasteiger partial charge in [0.15, 0.2) is 5.01 Å². The molecule has 1 aliphatic carbocycles. The summed E-state index contributed by atoms with van der Waals surface area (Å²) in [5.41, 5.74) is 4.47. The van der Waals surface area contributed by atoms with Crippen LogP contribution in [-0.2, 0) is 17.6 Å². The zero-order valence-corrected chi connectivity index (χ0v) is 28.7. The number of benzene rings is 1. The van der Waals surface area contributed by atoms with Crippen LogP contribution in [0.15, 0.2) is 30.3 Å². The first-order valence-corrected chi connectivity index (χ1v) is 16.6. The highest BCUT2D eigenvalue weighted by molar-refractivity contribution is 7.19. The predicted octanol–water partition coefficient (Wildman–Crippen LogP) is 4.99. The van der Waals surface area contributed by atoms with E-state index >= 15 is 0 Å². The van der Waals surface area contributed by atoms with Gasteiger partial charge in [-0.3, -0.25) is 9.59 Å². The Morgan fingerprint density at radius 2 is 1.76 bits per heavy atom. The number of aromatic nitrogens is 2. The third-order valence-corrected chi connectivity index (χ3v) is 9.71. The van der Waals surface area contributed by atoms with Crippen LogP contribution in [0.2, 0.25) is 0 Å². The number of carboxylic acids is 1. The number of likely N-dealkylation sites (N-methyl/N-ethyl adjacent to an activating group) is 1. The van der Waals surface area contributed by atoms with Crippen molar-refractivity contribution in [3.8, 4) is 0 Å². The number of aliphatic carboxylic acids is 1. The number of rotatable bonds is 8. The van der Waals surface area contributed by atoms with E-state index in [1.807, 2.05) is 13.1 Å². The van der Waals surface area contributed by atoms with Crippen molar-refractivity contribution in [2.45, 2.75) is 64.7 Å². The van der Waals surface area contributed by atoms with Crippen molar-refractivity contribution < 1.29 is 42.6 Å². The molecule has 1 saturated heterocycles. The monoisotopic (exact) mass is 706 g/mol. The van der Waals surface area contributed by atoms with Crippen LogP contribution in [0, 0.1) is 11.3 Å². The van der Waals surface area contributed by atoms with Crippen molar-refractivity contribution >= 4 is 45.6 Å². The van der Waals surface area contributed by atoms with Crippen molar-refractivity contribution in [3.63, 3.8) is 0 Å². The molecular weight excluding hydrogens is 665 g/mol. The van der Waals surface area contributed by atoms with Crippen LogP contribution in [0.1, 0.15) is 76.6 Å². The van der Waals surface area contributed by atoms with Crippen LogP contribution in [0.5, 0.6) is 0 Å². The number of aryl methyl sites for hydroxylation is 1. The number of thiazole rings is 1. The number of fused-ring (bicyclic) bond motifs is 2. The SMILES string of the molecule is CN1CC(NC(=O)c2cccc([C@@H](CCN(C)C(=O)O)NC(=O)c3nc4cc5c(nc4s3)CC[C@H](C(C)(C)C)C5)c2)C1.O=C(O)C(F)(F)F. The van der Waals surface area contributed by atoms with Crippen molar-refractivity contribution in [2.75, 3.05) is 33.7 Å². The predicted molar refractivity (Wildman–Crippen MR) is 177 cm³/mol. The van der Waals surface area contributed by atoms with Crippen LogP contribution >= 0.6 is 11.3 Å². The first kappa shape index (κ1) is 37.5. The van der Waals surface area contributed by atoms with E-state index in [-0.39, 0.29) is 29.8 Å². The van der Waals surface area contributed by atoms with E-state index in [1.54, 1.807) is 18.2 Å². The number of nitrogens with one attached hydrogen (secondary N) is 2. The molecule has 16 heteroatoms. The summed E-state index contributed by atoms with van der Waals surface area (Å²) in [5, 5.41) is 22.9. The lowest BCUT2D eigenvalue weighted by Crippen LogP contribution is -2.57. The summed E-state index contributed by atoms with van der Waals surface area (Å²) < 4.78 is 31.7. The molecule has 1 aromatic carbocycles. The Morgan fingerprint density at radius 3 is 2.35 bits per heavy atom. The maximum atomic E-state index is 13.5. The second-order valence-electron chi connectivity index (χ2n) is 13.6.